The van der Waals surface area contributed by atoms with Crippen LogP contribution in [-0.4, -0.2) is 91.2 Å². The maximum atomic E-state index is 16.8. The molecule has 0 bridgehead atoms. The van der Waals surface area contributed by atoms with Gasteiger partial charge >= 0.3 is 6.01 Å². The number of nitrogens with zero attached hydrogens (tertiary/aromatic N) is 7. The molecule has 53 heavy (non-hydrogen) atoms. The molecule has 1 amide bonds. The Morgan fingerprint density at radius 1 is 1.13 bits per heavy atom. The number of terminal acetylenes is 1. The smallest absolute Gasteiger partial charge is 0.319 e. The van der Waals surface area contributed by atoms with E-state index in [2.05, 4.69) is 41.1 Å². The van der Waals surface area contributed by atoms with Crippen molar-refractivity contribution in [1.29, 1.82) is 0 Å². The van der Waals surface area contributed by atoms with E-state index < -0.39 is 23.3 Å². The molecule has 2 aromatic carbocycles. The van der Waals surface area contributed by atoms with Crippen molar-refractivity contribution < 1.29 is 22.7 Å². The fourth-order valence-corrected chi connectivity index (χ4v) is 8.10. The monoisotopic (exact) mass is 718 g/mol. The van der Waals surface area contributed by atoms with Crippen molar-refractivity contribution in [1.82, 2.24) is 34.7 Å². The van der Waals surface area contributed by atoms with Crippen LogP contribution >= 0.6 is 0 Å². The maximum absolute atomic E-state index is 16.8. The second kappa shape index (κ2) is 13.7. The molecule has 1 N–H and O–H groups in total. The van der Waals surface area contributed by atoms with Crippen molar-refractivity contribution in [3.8, 4) is 29.6 Å². The summed E-state index contributed by atoms with van der Waals surface area (Å²) in [6, 6.07) is 9.53. The molecule has 0 unspecified atom stereocenters. The third-order valence-electron chi connectivity index (χ3n) is 10.5. The Bertz CT molecular complexity index is 2330. The molecule has 6 heterocycles. The number of rotatable bonds is 8. The summed E-state index contributed by atoms with van der Waals surface area (Å²) in [5.74, 6) is 1.80. The first-order valence-corrected chi connectivity index (χ1v) is 17.7. The normalized spacial score (nSPS) is 21.5. The summed E-state index contributed by atoms with van der Waals surface area (Å²) >= 11 is 0. The number of halogens is 3. The van der Waals surface area contributed by atoms with Crippen molar-refractivity contribution >= 4 is 39.5 Å². The molecule has 3 atom stereocenters. The average molecular weight is 719 g/mol. The number of likely N-dealkylation sites (tertiary alicyclic amines) is 1. The molecule has 0 spiro atoms. The molecule has 270 valence electrons. The van der Waals surface area contributed by atoms with Crippen LogP contribution in [0.3, 0.4) is 0 Å². The van der Waals surface area contributed by atoms with Crippen LogP contribution in [0.25, 0.3) is 39.0 Å². The summed E-state index contributed by atoms with van der Waals surface area (Å²) in [6.07, 6.45) is 12.1. The Labute approximate surface area is 304 Å². The van der Waals surface area contributed by atoms with Crippen LogP contribution in [-0.2, 0) is 4.79 Å². The minimum absolute atomic E-state index is 0.00835. The van der Waals surface area contributed by atoms with Crippen LogP contribution in [0.2, 0.25) is 0 Å². The molecule has 3 aliphatic heterocycles. The first kappa shape index (κ1) is 34.5. The second-order valence-corrected chi connectivity index (χ2v) is 14.1. The average Bonchev–Trinajstić information content (AvgIpc) is 3.84. The number of carbonyl (C=O) groups excluding carboxylic acids is 1. The van der Waals surface area contributed by atoms with Gasteiger partial charge in [0.2, 0.25) is 5.91 Å². The minimum Gasteiger partial charge on any atom is -0.461 e. The van der Waals surface area contributed by atoms with E-state index in [-0.39, 0.29) is 47.2 Å². The van der Waals surface area contributed by atoms with Gasteiger partial charge in [0.1, 0.15) is 41.4 Å². The molecule has 3 saturated heterocycles. The van der Waals surface area contributed by atoms with E-state index in [4.69, 9.17) is 11.2 Å². The van der Waals surface area contributed by atoms with Gasteiger partial charge in [-0.1, -0.05) is 30.2 Å². The van der Waals surface area contributed by atoms with E-state index >= 15 is 4.39 Å². The zero-order chi connectivity index (χ0) is 36.9. The fourth-order valence-electron chi connectivity index (χ4n) is 8.10. The lowest BCUT2D eigenvalue weighted by Gasteiger charge is -2.30. The summed E-state index contributed by atoms with van der Waals surface area (Å²) in [6.45, 7) is 5.82. The predicted octanol–water partition coefficient (Wildman–Crippen LogP) is 6.19. The molecule has 3 fully saturated rings. The number of aryl methyl sites for hydroxylation is 2. The van der Waals surface area contributed by atoms with Crippen LogP contribution in [0.4, 0.5) is 19.0 Å². The highest BCUT2D eigenvalue weighted by atomic mass is 19.1. The van der Waals surface area contributed by atoms with Gasteiger partial charge in [0, 0.05) is 61.0 Å². The lowest BCUT2D eigenvalue weighted by atomic mass is 9.95. The molecule has 8 rings (SSSR count). The molecule has 0 radical (unpaired) electrons. The first-order valence-electron chi connectivity index (χ1n) is 17.7. The highest BCUT2D eigenvalue weighted by Gasteiger charge is 2.49. The number of nitrogens with one attached hydrogen (secondary N) is 1. The van der Waals surface area contributed by atoms with E-state index in [0.29, 0.717) is 65.7 Å². The van der Waals surface area contributed by atoms with Gasteiger partial charge in [-0.15, -0.1) is 6.42 Å². The number of alkyl halides is 1. The number of fused-ring (bicyclic) bond motifs is 3. The molecular formula is C40H37F3N8O2. The van der Waals surface area contributed by atoms with Crippen molar-refractivity contribution in [2.24, 2.45) is 0 Å². The van der Waals surface area contributed by atoms with Gasteiger partial charge in [-0.3, -0.25) is 14.7 Å². The SMILES string of the molecule is C#Cc1c(F)ccc2cccc(-c3ncc4c(N[C@@H]5CCN(C(=O)/C=C/c6cc(C)nc(C)n6)C5)nc(OC[C@@]56CCCN5C[C@H](F)C6)nc4c3F)c12. The quantitative estimate of drug-likeness (QED) is 0.148. The summed E-state index contributed by atoms with van der Waals surface area (Å²) in [5.41, 5.74) is 1.19. The number of carbonyl (C=O) groups is 1. The zero-order valence-corrected chi connectivity index (χ0v) is 29.4. The molecule has 5 aromatic rings. The molecule has 13 heteroatoms. The van der Waals surface area contributed by atoms with Crippen LogP contribution in [0, 0.1) is 37.8 Å². The Morgan fingerprint density at radius 3 is 2.83 bits per heavy atom. The maximum Gasteiger partial charge on any atom is 0.319 e. The Balaban J connectivity index is 1.13. The van der Waals surface area contributed by atoms with Crippen molar-refractivity contribution in [3.63, 3.8) is 0 Å². The van der Waals surface area contributed by atoms with Crippen molar-refractivity contribution in [2.75, 3.05) is 38.1 Å². The first-order chi connectivity index (χ1) is 25.6. The summed E-state index contributed by atoms with van der Waals surface area (Å²) in [4.78, 5) is 39.4. The van der Waals surface area contributed by atoms with Gasteiger partial charge in [-0.05, 0) is 63.2 Å². The third kappa shape index (κ3) is 6.52. The van der Waals surface area contributed by atoms with E-state index in [0.717, 1.165) is 25.1 Å². The van der Waals surface area contributed by atoms with Gasteiger partial charge in [-0.25, -0.2) is 23.1 Å². The molecule has 3 aromatic heterocycles. The van der Waals surface area contributed by atoms with Crippen molar-refractivity contribution in [3.05, 3.63) is 83.1 Å². The molecular weight excluding hydrogens is 681 g/mol. The summed E-state index contributed by atoms with van der Waals surface area (Å²) in [5, 5.41) is 4.69. The number of benzene rings is 2. The van der Waals surface area contributed by atoms with Gasteiger partial charge in [-0.2, -0.15) is 9.97 Å². The van der Waals surface area contributed by atoms with Crippen LogP contribution in [0.15, 0.2) is 48.7 Å². The van der Waals surface area contributed by atoms with Crippen LogP contribution < -0.4 is 10.1 Å². The van der Waals surface area contributed by atoms with E-state index in [1.54, 1.807) is 42.2 Å². The van der Waals surface area contributed by atoms with E-state index in [9.17, 15) is 13.6 Å². The highest BCUT2D eigenvalue weighted by Crippen LogP contribution is 2.41. The van der Waals surface area contributed by atoms with Crippen LogP contribution in [0.5, 0.6) is 6.01 Å². The lowest BCUT2D eigenvalue weighted by Crippen LogP contribution is -2.43. The molecule has 0 aliphatic carbocycles. The predicted molar refractivity (Wildman–Crippen MR) is 196 cm³/mol. The largest absolute Gasteiger partial charge is 0.461 e. The van der Waals surface area contributed by atoms with Crippen LogP contribution in [0.1, 0.15) is 48.5 Å². The lowest BCUT2D eigenvalue weighted by molar-refractivity contribution is -0.124. The van der Waals surface area contributed by atoms with Crippen molar-refractivity contribution in [2.45, 2.75) is 57.3 Å². The fraction of sp³-hybridized carbons (Fsp3) is 0.350. The Kier molecular flexibility index (Phi) is 8.94. The summed E-state index contributed by atoms with van der Waals surface area (Å²) < 4.78 is 52.5. The van der Waals surface area contributed by atoms with Gasteiger partial charge in [0.25, 0.3) is 0 Å². The molecule has 0 saturated carbocycles. The number of hydrogen-bond donors (Lipinski definition) is 1. The number of hydrogen-bond acceptors (Lipinski definition) is 9. The van der Waals surface area contributed by atoms with E-state index in [1.807, 2.05) is 13.0 Å². The zero-order valence-electron chi connectivity index (χ0n) is 29.4. The number of anilines is 1. The second-order valence-electron chi connectivity index (χ2n) is 14.1. The minimum atomic E-state index is -0.949. The molecule has 3 aliphatic rings. The number of pyridine rings is 1. The van der Waals surface area contributed by atoms with Gasteiger partial charge in [0.15, 0.2) is 5.82 Å². The number of ether oxygens (including phenoxy) is 1. The van der Waals surface area contributed by atoms with E-state index in [1.165, 1.54) is 18.3 Å². The Hall–Kier alpha value is -5.61. The number of amides is 1. The Morgan fingerprint density at radius 2 is 2.00 bits per heavy atom. The number of aromatic nitrogens is 5. The third-order valence-corrected chi connectivity index (χ3v) is 10.5. The highest BCUT2D eigenvalue weighted by molar-refractivity contribution is 6.02. The standard InChI is InChI=1S/C40H37F3N8O2/c1-4-29-32(42)11-9-25-7-5-8-30(34(25)29)36-35(43)37-31(19-44-36)38(49-39(48-37)53-22-40-14-6-15-51(40)20-26(41)18-40)47-28-13-16-50(21-28)33(52)12-10-27-17-23(2)45-24(3)46-27/h1,5,7-12,17,19,26,28H,6,13-16,18,20-22H2,2-3H3,(H,47,48,49)/b12-10+/t26-,28-,40+/m1/s1. The molecule has 10 nitrogen and oxygen atoms in total. The van der Waals surface area contributed by atoms with Gasteiger partial charge < -0.3 is 15.0 Å². The van der Waals surface area contributed by atoms with Gasteiger partial charge in [0.05, 0.1) is 22.2 Å². The topological polar surface area (TPSA) is 109 Å². The summed E-state index contributed by atoms with van der Waals surface area (Å²) in [7, 11) is 0.